The van der Waals surface area contributed by atoms with Crippen LogP contribution in [0.2, 0.25) is 0 Å². The zero-order valence-corrected chi connectivity index (χ0v) is 11.0. The van der Waals surface area contributed by atoms with Gasteiger partial charge in [-0.15, -0.1) is 0 Å². The van der Waals surface area contributed by atoms with Crippen molar-refractivity contribution in [3.63, 3.8) is 0 Å². The Bertz CT molecular complexity index is 425. The predicted octanol–water partition coefficient (Wildman–Crippen LogP) is 3.45. The number of methoxy groups -OCH3 is 1. The van der Waals surface area contributed by atoms with Gasteiger partial charge in [0.2, 0.25) is 0 Å². The molecule has 2 aliphatic rings. The Morgan fingerprint density at radius 3 is 2.83 bits per heavy atom. The third-order valence-corrected chi connectivity index (χ3v) is 4.29. The Balaban J connectivity index is 1.85. The van der Waals surface area contributed by atoms with Crippen molar-refractivity contribution < 1.29 is 9.47 Å². The van der Waals surface area contributed by atoms with Crippen molar-refractivity contribution in [3.8, 4) is 11.5 Å². The van der Waals surface area contributed by atoms with Crippen LogP contribution >= 0.6 is 0 Å². The fraction of sp³-hybridized carbons (Fsp3) is 0.600. The molecule has 1 aliphatic carbocycles. The average molecular weight is 247 g/mol. The summed E-state index contributed by atoms with van der Waals surface area (Å²) >= 11 is 0. The second-order valence-corrected chi connectivity index (χ2v) is 5.54. The van der Waals surface area contributed by atoms with Gasteiger partial charge in [-0.05, 0) is 25.0 Å². The van der Waals surface area contributed by atoms with Gasteiger partial charge in [0.1, 0.15) is 0 Å². The molecule has 98 valence electrons. The first kappa shape index (κ1) is 11.7. The molecule has 1 aromatic rings. The molecule has 1 aliphatic heterocycles. The number of hydrogen-bond acceptors (Lipinski definition) is 3. The van der Waals surface area contributed by atoms with E-state index in [0.717, 1.165) is 30.3 Å². The van der Waals surface area contributed by atoms with Crippen molar-refractivity contribution in [2.24, 2.45) is 5.41 Å². The SMILES string of the molecule is COc1cccc2c1OCC1(CCCCC1)CN2. The molecule has 18 heavy (non-hydrogen) atoms. The lowest BCUT2D eigenvalue weighted by atomic mass is 9.74. The molecular formula is C15H21NO2. The zero-order valence-electron chi connectivity index (χ0n) is 11.0. The Labute approximate surface area is 108 Å². The van der Waals surface area contributed by atoms with Crippen LogP contribution in [0.1, 0.15) is 32.1 Å². The van der Waals surface area contributed by atoms with Crippen LogP contribution < -0.4 is 14.8 Å². The maximum atomic E-state index is 6.08. The number of para-hydroxylation sites is 1. The first-order valence-electron chi connectivity index (χ1n) is 6.87. The average Bonchev–Trinajstić information content (AvgIpc) is 2.60. The third-order valence-electron chi connectivity index (χ3n) is 4.29. The molecule has 0 saturated heterocycles. The minimum absolute atomic E-state index is 0.322. The second kappa shape index (κ2) is 4.71. The highest BCUT2D eigenvalue weighted by molar-refractivity contribution is 5.63. The Morgan fingerprint density at radius 1 is 1.22 bits per heavy atom. The quantitative estimate of drug-likeness (QED) is 0.824. The standard InChI is InChI=1S/C15H21NO2/c1-17-13-7-5-6-12-14(13)18-11-15(10-16-12)8-3-2-4-9-15/h5-7,16H,2-4,8-11H2,1H3. The molecule has 3 heteroatoms. The maximum Gasteiger partial charge on any atom is 0.184 e. The van der Waals surface area contributed by atoms with Crippen LogP contribution in [0, 0.1) is 5.41 Å². The van der Waals surface area contributed by atoms with Crippen molar-refractivity contribution in [3.05, 3.63) is 18.2 Å². The highest BCUT2D eigenvalue weighted by Crippen LogP contribution is 2.43. The molecule has 0 atom stereocenters. The largest absolute Gasteiger partial charge is 0.493 e. The summed E-state index contributed by atoms with van der Waals surface area (Å²) < 4.78 is 11.5. The Hall–Kier alpha value is -1.38. The van der Waals surface area contributed by atoms with E-state index >= 15 is 0 Å². The van der Waals surface area contributed by atoms with E-state index in [4.69, 9.17) is 9.47 Å². The molecule has 0 aromatic heterocycles. The molecule has 1 N–H and O–H groups in total. The fourth-order valence-electron chi connectivity index (χ4n) is 3.15. The topological polar surface area (TPSA) is 30.5 Å². The molecule has 0 radical (unpaired) electrons. The summed E-state index contributed by atoms with van der Waals surface area (Å²) in [6.07, 6.45) is 6.58. The van der Waals surface area contributed by atoms with E-state index in [9.17, 15) is 0 Å². The van der Waals surface area contributed by atoms with Gasteiger partial charge in [-0.25, -0.2) is 0 Å². The van der Waals surface area contributed by atoms with Crippen molar-refractivity contribution in [1.29, 1.82) is 0 Å². The van der Waals surface area contributed by atoms with E-state index < -0.39 is 0 Å². The minimum atomic E-state index is 0.322. The van der Waals surface area contributed by atoms with E-state index in [0.29, 0.717) is 5.41 Å². The molecule has 0 amide bonds. The van der Waals surface area contributed by atoms with Gasteiger partial charge in [0, 0.05) is 12.0 Å². The number of rotatable bonds is 1. The van der Waals surface area contributed by atoms with Gasteiger partial charge < -0.3 is 14.8 Å². The molecule has 1 heterocycles. The second-order valence-electron chi connectivity index (χ2n) is 5.54. The van der Waals surface area contributed by atoms with Gasteiger partial charge in [-0.1, -0.05) is 25.3 Å². The molecule has 0 bridgehead atoms. The summed E-state index contributed by atoms with van der Waals surface area (Å²) in [5.41, 5.74) is 1.39. The van der Waals surface area contributed by atoms with Crippen LogP contribution in [0.15, 0.2) is 18.2 Å². The maximum absolute atomic E-state index is 6.08. The summed E-state index contributed by atoms with van der Waals surface area (Å²) in [6.45, 7) is 1.83. The van der Waals surface area contributed by atoms with Crippen LogP contribution in [0.25, 0.3) is 0 Å². The smallest absolute Gasteiger partial charge is 0.184 e. The van der Waals surface area contributed by atoms with E-state index in [1.165, 1.54) is 32.1 Å². The normalized spacial score (nSPS) is 21.4. The van der Waals surface area contributed by atoms with Crippen LogP contribution in [-0.4, -0.2) is 20.3 Å². The van der Waals surface area contributed by atoms with Gasteiger partial charge in [0.25, 0.3) is 0 Å². The van der Waals surface area contributed by atoms with Gasteiger partial charge in [-0.3, -0.25) is 0 Å². The summed E-state index contributed by atoms with van der Waals surface area (Å²) in [5, 5.41) is 3.56. The van der Waals surface area contributed by atoms with Crippen LogP contribution in [-0.2, 0) is 0 Å². The lowest BCUT2D eigenvalue weighted by Gasteiger charge is -2.35. The number of nitrogens with one attached hydrogen (secondary N) is 1. The van der Waals surface area contributed by atoms with E-state index in [1.807, 2.05) is 12.1 Å². The predicted molar refractivity (Wildman–Crippen MR) is 72.5 cm³/mol. The van der Waals surface area contributed by atoms with Crippen molar-refractivity contribution in [2.75, 3.05) is 25.6 Å². The first-order chi connectivity index (χ1) is 8.83. The molecule has 1 fully saturated rings. The van der Waals surface area contributed by atoms with Gasteiger partial charge in [0.05, 0.1) is 19.4 Å². The molecular weight excluding hydrogens is 226 g/mol. The summed E-state index contributed by atoms with van der Waals surface area (Å²) in [6, 6.07) is 6.03. The Kier molecular flexibility index (Phi) is 3.06. The van der Waals surface area contributed by atoms with Crippen LogP contribution in [0.4, 0.5) is 5.69 Å². The Morgan fingerprint density at radius 2 is 2.06 bits per heavy atom. The third kappa shape index (κ3) is 2.02. The zero-order chi connectivity index (χ0) is 12.4. The van der Waals surface area contributed by atoms with Gasteiger partial charge >= 0.3 is 0 Å². The molecule has 1 spiro atoms. The highest BCUT2D eigenvalue weighted by Gasteiger charge is 2.35. The lowest BCUT2D eigenvalue weighted by molar-refractivity contribution is 0.113. The minimum Gasteiger partial charge on any atom is -0.493 e. The number of benzene rings is 1. The molecule has 3 rings (SSSR count). The van der Waals surface area contributed by atoms with Gasteiger partial charge in [-0.2, -0.15) is 0 Å². The van der Waals surface area contributed by atoms with E-state index in [-0.39, 0.29) is 0 Å². The van der Waals surface area contributed by atoms with Gasteiger partial charge in [0.15, 0.2) is 11.5 Å². The van der Waals surface area contributed by atoms with E-state index in [2.05, 4.69) is 11.4 Å². The summed E-state index contributed by atoms with van der Waals surface area (Å²) in [4.78, 5) is 0. The monoisotopic (exact) mass is 247 g/mol. The molecule has 1 aromatic carbocycles. The highest BCUT2D eigenvalue weighted by atomic mass is 16.5. The van der Waals surface area contributed by atoms with Crippen LogP contribution in [0.5, 0.6) is 11.5 Å². The summed E-state index contributed by atoms with van der Waals surface area (Å²) in [7, 11) is 1.69. The molecule has 0 unspecified atom stereocenters. The molecule has 1 saturated carbocycles. The first-order valence-corrected chi connectivity index (χ1v) is 6.87. The van der Waals surface area contributed by atoms with Crippen molar-refractivity contribution in [2.45, 2.75) is 32.1 Å². The van der Waals surface area contributed by atoms with Crippen molar-refractivity contribution in [1.82, 2.24) is 0 Å². The number of ether oxygens (including phenoxy) is 2. The van der Waals surface area contributed by atoms with Crippen molar-refractivity contribution >= 4 is 5.69 Å². The lowest BCUT2D eigenvalue weighted by Crippen LogP contribution is -2.36. The van der Waals surface area contributed by atoms with E-state index in [1.54, 1.807) is 7.11 Å². The number of fused-ring (bicyclic) bond motifs is 1. The van der Waals surface area contributed by atoms with Crippen LogP contribution in [0.3, 0.4) is 0 Å². The fourth-order valence-corrected chi connectivity index (χ4v) is 3.15. The molecule has 3 nitrogen and oxygen atoms in total. The number of anilines is 1. The summed E-state index contributed by atoms with van der Waals surface area (Å²) in [5.74, 6) is 1.70. The number of hydrogen-bond donors (Lipinski definition) is 1.